The average molecular weight is 613 g/mol. The van der Waals surface area contributed by atoms with E-state index < -0.39 is 0 Å². The molecule has 0 aromatic rings. The molecular formula is Au2Cr2In. The Labute approximate surface area is 103 Å². The molecule has 5 radical (unpaired) electrons. The van der Waals surface area contributed by atoms with Gasteiger partial charge >= 0.3 is 0 Å². The first-order chi connectivity index (χ1) is 0. The van der Waals surface area contributed by atoms with E-state index >= 15 is 0 Å². The summed E-state index contributed by atoms with van der Waals surface area (Å²) in [7, 11) is 0. The van der Waals surface area contributed by atoms with Crippen LogP contribution in [0, 0.1) is 0 Å². The van der Waals surface area contributed by atoms with Crippen molar-refractivity contribution in [3.63, 3.8) is 0 Å². The van der Waals surface area contributed by atoms with Crippen LogP contribution in [-0.2, 0) is 79.5 Å². The molecule has 0 unspecified atom stereocenters. The molecule has 0 fully saturated rings. The SMILES string of the molecule is [Au].[Au].[Cr].[Cr].[In]. The first-order valence-corrected chi connectivity index (χ1v) is 0. The molecule has 0 amide bonds. The summed E-state index contributed by atoms with van der Waals surface area (Å²) < 4.78 is 0. The third kappa shape index (κ3) is 18.6. The fourth-order valence-electron chi connectivity index (χ4n) is 0. The summed E-state index contributed by atoms with van der Waals surface area (Å²) in [6.45, 7) is 0. The first-order valence-electron chi connectivity index (χ1n) is 0. The van der Waals surface area contributed by atoms with Crippen LogP contribution in [0.2, 0.25) is 0 Å². The Bertz CT molecular complexity index is 7.61. The fourth-order valence-corrected chi connectivity index (χ4v) is 0. The Morgan fingerprint density at radius 2 is 0.600 bits per heavy atom. The van der Waals surface area contributed by atoms with Crippen molar-refractivity contribution in [1.82, 2.24) is 0 Å². The maximum Gasteiger partial charge on any atom is 0 e. The average Bonchev–Trinajstić information content (AvgIpc) is 0. The Balaban J connectivity index is 0. The van der Waals surface area contributed by atoms with Crippen LogP contribution in [0.5, 0.6) is 0 Å². The van der Waals surface area contributed by atoms with Crippen molar-refractivity contribution in [2.45, 2.75) is 0 Å². The molecule has 0 aromatic heterocycles. The van der Waals surface area contributed by atoms with Crippen LogP contribution in [0.4, 0.5) is 0 Å². The van der Waals surface area contributed by atoms with Gasteiger partial charge in [0.1, 0.15) is 0 Å². The van der Waals surface area contributed by atoms with Crippen molar-refractivity contribution in [3.05, 3.63) is 0 Å². The van der Waals surface area contributed by atoms with Crippen LogP contribution in [-0.4, -0.2) is 25.8 Å². The smallest absolute Gasteiger partial charge is 0 e. The topological polar surface area (TPSA) is 0 Å². The largest absolute Gasteiger partial charge is 0 e. The van der Waals surface area contributed by atoms with Gasteiger partial charge in [0.2, 0.25) is 0 Å². The molecule has 5 heteroatoms. The molecule has 0 atom stereocenters. The van der Waals surface area contributed by atoms with E-state index in [4.69, 9.17) is 0 Å². The van der Waals surface area contributed by atoms with E-state index in [9.17, 15) is 0 Å². The van der Waals surface area contributed by atoms with Gasteiger partial charge in [-0.1, -0.05) is 0 Å². The van der Waals surface area contributed by atoms with Gasteiger partial charge in [0.15, 0.2) is 0 Å². The molecule has 0 saturated carbocycles. The van der Waals surface area contributed by atoms with Crippen LogP contribution < -0.4 is 0 Å². The van der Waals surface area contributed by atoms with Gasteiger partial charge in [0, 0.05) is 105 Å². The van der Waals surface area contributed by atoms with Gasteiger partial charge in [-0.05, 0) is 0 Å². The van der Waals surface area contributed by atoms with Gasteiger partial charge in [0.25, 0.3) is 0 Å². The van der Waals surface area contributed by atoms with Crippen molar-refractivity contribution in [2.24, 2.45) is 0 Å². The molecule has 0 spiro atoms. The molecule has 0 aliphatic heterocycles. The minimum absolute atomic E-state index is 0. The number of hydrogen-bond acceptors (Lipinski definition) is 0. The molecule has 0 heterocycles. The molecule has 0 bridgehead atoms. The summed E-state index contributed by atoms with van der Waals surface area (Å²) in [5.74, 6) is 0. The molecular weight excluding hydrogens is 613 g/mol. The maximum atomic E-state index is 0. The summed E-state index contributed by atoms with van der Waals surface area (Å²) in [6.07, 6.45) is 0. The van der Waals surface area contributed by atoms with Crippen molar-refractivity contribution < 1.29 is 79.5 Å². The number of rotatable bonds is 0. The minimum Gasteiger partial charge on any atom is 0 e. The van der Waals surface area contributed by atoms with Gasteiger partial charge in [0.05, 0.1) is 0 Å². The zero-order chi connectivity index (χ0) is 0. The zero-order valence-corrected chi connectivity index (χ0v) is 12.2. The van der Waals surface area contributed by atoms with Crippen LogP contribution in [0.1, 0.15) is 0 Å². The molecule has 0 N–H and O–H groups in total. The summed E-state index contributed by atoms with van der Waals surface area (Å²) in [6, 6.07) is 0. The Morgan fingerprint density at radius 1 is 0.600 bits per heavy atom. The van der Waals surface area contributed by atoms with E-state index in [1.165, 1.54) is 0 Å². The van der Waals surface area contributed by atoms with E-state index in [0.29, 0.717) is 0 Å². The van der Waals surface area contributed by atoms with Gasteiger partial charge < -0.3 is 0 Å². The molecule has 37 valence electrons. The normalized spacial score (nSPS) is 0. The van der Waals surface area contributed by atoms with Crippen LogP contribution >= 0.6 is 0 Å². The maximum absolute atomic E-state index is 0. The predicted molar refractivity (Wildman–Crippen MR) is 5.75 cm³/mol. The second-order valence-corrected chi connectivity index (χ2v) is 0. The summed E-state index contributed by atoms with van der Waals surface area (Å²) >= 11 is 0. The van der Waals surface area contributed by atoms with Gasteiger partial charge in [-0.15, -0.1) is 0 Å². The third-order valence-corrected chi connectivity index (χ3v) is 0. The Kier molecular flexibility index (Phi) is 208. The van der Waals surface area contributed by atoms with Crippen molar-refractivity contribution in [1.29, 1.82) is 0 Å². The van der Waals surface area contributed by atoms with E-state index in [1.54, 1.807) is 0 Å². The standard InChI is InChI=1S/2Au.2Cr.In. The quantitative estimate of drug-likeness (QED) is 0.327. The van der Waals surface area contributed by atoms with E-state index in [1.807, 2.05) is 0 Å². The van der Waals surface area contributed by atoms with Gasteiger partial charge in [-0.25, -0.2) is 0 Å². The molecule has 0 rings (SSSR count). The molecule has 0 aliphatic rings. The first kappa shape index (κ1) is 39.7. The van der Waals surface area contributed by atoms with Crippen molar-refractivity contribution in [2.75, 3.05) is 0 Å². The summed E-state index contributed by atoms with van der Waals surface area (Å²) in [5, 5.41) is 0. The van der Waals surface area contributed by atoms with Crippen LogP contribution in [0.25, 0.3) is 0 Å². The van der Waals surface area contributed by atoms with Crippen molar-refractivity contribution >= 4 is 25.8 Å². The molecule has 0 nitrogen and oxygen atoms in total. The minimum atomic E-state index is 0. The third-order valence-electron chi connectivity index (χ3n) is 0. The number of hydrogen-bond donors (Lipinski definition) is 0. The van der Waals surface area contributed by atoms with E-state index in [2.05, 4.69) is 0 Å². The van der Waals surface area contributed by atoms with Gasteiger partial charge in [-0.2, -0.15) is 0 Å². The second-order valence-electron chi connectivity index (χ2n) is 0. The summed E-state index contributed by atoms with van der Waals surface area (Å²) in [5.41, 5.74) is 0. The molecule has 0 aromatic carbocycles. The second kappa shape index (κ2) is 26.2. The van der Waals surface area contributed by atoms with E-state index in [-0.39, 0.29) is 105 Å². The Hall–Kier alpha value is 3.42. The molecule has 0 saturated heterocycles. The summed E-state index contributed by atoms with van der Waals surface area (Å²) in [4.78, 5) is 0. The van der Waals surface area contributed by atoms with Crippen LogP contribution in [0.15, 0.2) is 0 Å². The van der Waals surface area contributed by atoms with Gasteiger partial charge in [-0.3, -0.25) is 0 Å². The molecule has 0 aliphatic carbocycles. The molecule has 5 heavy (non-hydrogen) atoms. The predicted octanol–water partition coefficient (Wildman–Crippen LogP) is -0.391. The van der Waals surface area contributed by atoms with Crippen molar-refractivity contribution in [3.8, 4) is 0 Å². The monoisotopic (exact) mass is 613 g/mol. The van der Waals surface area contributed by atoms with E-state index in [0.717, 1.165) is 0 Å². The fraction of sp³-hybridized carbons (Fsp3) is 0. The zero-order valence-electron chi connectivity index (χ0n) is 2.00. The van der Waals surface area contributed by atoms with Crippen LogP contribution in [0.3, 0.4) is 0 Å². The Morgan fingerprint density at radius 3 is 0.600 bits per heavy atom.